The number of hydrogen-bond donors (Lipinski definition) is 2. The third-order valence-corrected chi connectivity index (χ3v) is 3.57. The van der Waals surface area contributed by atoms with Crippen molar-refractivity contribution >= 4 is 34.2 Å². The van der Waals surface area contributed by atoms with Gasteiger partial charge in [-0.05, 0) is 53.2 Å². The number of hydrogen-bond acceptors (Lipinski definition) is 3. The van der Waals surface area contributed by atoms with E-state index in [1.807, 2.05) is 0 Å². The fourth-order valence-electron chi connectivity index (χ4n) is 1.88. The van der Waals surface area contributed by atoms with Gasteiger partial charge in [0.25, 0.3) is 5.91 Å². The Morgan fingerprint density at radius 2 is 1.96 bits per heavy atom. The van der Waals surface area contributed by atoms with E-state index in [0.717, 1.165) is 19.5 Å². The first-order valence-corrected chi connectivity index (χ1v) is 7.91. The van der Waals surface area contributed by atoms with E-state index in [1.54, 1.807) is 18.3 Å². The van der Waals surface area contributed by atoms with Crippen LogP contribution in [0.4, 0.5) is 4.39 Å². The quantitative estimate of drug-likeness (QED) is 0.696. The average molecular weight is 406 g/mol. The third-order valence-electron chi connectivity index (χ3n) is 2.99. The van der Waals surface area contributed by atoms with Gasteiger partial charge in [-0.25, -0.2) is 9.07 Å². The van der Waals surface area contributed by atoms with Crippen molar-refractivity contribution in [1.82, 2.24) is 20.4 Å². The maximum Gasteiger partial charge on any atom is 0.273 e. The lowest BCUT2D eigenvalue weighted by Crippen LogP contribution is -2.32. The van der Waals surface area contributed by atoms with Crippen LogP contribution in [0.2, 0.25) is 0 Å². The predicted molar refractivity (Wildman–Crippen MR) is 94.0 cm³/mol. The van der Waals surface area contributed by atoms with Crippen molar-refractivity contribution < 1.29 is 9.18 Å². The number of carbonyl (C=O) groups is 1. The molecular formula is C15H19BrClFN4O. The molecule has 0 aliphatic rings. The van der Waals surface area contributed by atoms with Crippen LogP contribution in [0.5, 0.6) is 0 Å². The zero-order valence-electron chi connectivity index (χ0n) is 12.7. The maximum absolute atomic E-state index is 12.9. The van der Waals surface area contributed by atoms with Crippen LogP contribution in [0.15, 0.2) is 34.9 Å². The molecule has 0 bridgehead atoms. The Bertz CT molecular complexity index is 633. The molecule has 126 valence electrons. The summed E-state index contributed by atoms with van der Waals surface area (Å²) >= 11 is 3.33. The molecule has 0 aliphatic heterocycles. The normalized spacial score (nSPS) is 10.2. The van der Waals surface area contributed by atoms with Crippen molar-refractivity contribution in [2.75, 3.05) is 19.6 Å². The molecule has 0 atom stereocenters. The van der Waals surface area contributed by atoms with Gasteiger partial charge in [0.1, 0.15) is 5.82 Å². The number of benzene rings is 1. The van der Waals surface area contributed by atoms with Gasteiger partial charge in [-0.3, -0.25) is 4.79 Å². The molecule has 0 saturated heterocycles. The van der Waals surface area contributed by atoms with Gasteiger partial charge in [0.15, 0.2) is 5.69 Å². The van der Waals surface area contributed by atoms with Gasteiger partial charge in [-0.15, -0.1) is 12.4 Å². The van der Waals surface area contributed by atoms with E-state index in [9.17, 15) is 9.18 Å². The highest BCUT2D eigenvalue weighted by Crippen LogP contribution is 2.18. The molecule has 0 radical (unpaired) electrons. The van der Waals surface area contributed by atoms with Crippen LogP contribution in [-0.2, 0) is 0 Å². The Hall–Kier alpha value is -1.44. The van der Waals surface area contributed by atoms with Crippen molar-refractivity contribution in [3.05, 3.63) is 46.4 Å². The first-order chi connectivity index (χ1) is 10.6. The monoisotopic (exact) mass is 404 g/mol. The summed E-state index contributed by atoms with van der Waals surface area (Å²) in [5, 5.41) is 10.3. The molecule has 0 aliphatic carbocycles. The summed E-state index contributed by atoms with van der Waals surface area (Å²) in [6.45, 7) is 4.27. The number of nitrogens with one attached hydrogen (secondary N) is 2. The smallest absolute Gasteiger partial charge is 0.273 e. The predicted octanol–water partition coefficient (Wildman–Crippen LogP) is 2.93. The van der Waals surface area contributed by atoms with E-state index < -0.39 is 0 Å². The SMILES string of the molecule is CCCNCCNC(=O)c1nn(-c2ccc(F)cc2)cc1Br.Cl. The average Bonchev–Trinajstić information content (AvgIpc) is 2.89. The summed E-state index contributed by atoms with van der Waals surface area (Å²) in [7, 11) is 0. The molecule has 0 saturated carbocycles. The fraction of sp³-hybridized carbons (Fsp3) is 0.333. The zero-order valence-corrected chi connectivity index (χ0v) is 15.1. The third kappa shape index (κ3) is 5.60. The molecule has 1 heterocycles. The van der Waals surface area contributed by atoms with Crippen LogP contribution in [0.25, 0.3) is 5.69 Å². The Kier molecular flexibility index (Phi) is 8.22. The number of halogens is 3. The van der Waals surface area contributed by atoms with Gasteiger partial charge in [0, 0.05) is 19.3 Å². The second kappa shape index (κ2) is 9.64. The molecule has 0 fully saturated rings. The second-order valence-electron chi connectivity index (χ2n) is 4.75. The Morgan fingerprint density at radius 3 is 2.61 bits per heavy atom. The Balaban J connectivity index is 0.00000264. The molecule has 2 rings (SSSR count). The molecule has 0 spiro atoms. The minimum absolute atomic E-state index is 0. The molecule has 1 aromatic carbocycles. The second-order valence-corrected chi connectivity index (χ2v) is 5.61. The van der Waals surface area contributed by atoms with Crippen molar-refractivity contribution in [2.24, 2.45) is 0 Å². The van der Waals surface area contributed by atoms with Crippen molar-refractivity contribution in [3.8, 4) is 5.69 Å². The van der Waals surface area contributed by atoms with Gasteiger partial charge in [0.05, 0.1) is 10.2 Å². The van der Waals surface area contributed by atoms with E-state index in [2.05, 4.69) is 38.6 Å². The van der Waals surface area contributed by atoms with Crippen LogP contribution in [0, 0.1) is 5.82 Å². The van der Waals surface area contributed by atoms with Gasteiger partial charge in [-0.1, -0.05) is 6.92 Å². The van der Waals surface area contributed by atoms with E-state index in [1.165, 1.54) is 16.8 Å². The molecule has 8 heteroatoms. The Labute approximate surface area is 149 Å². The molecule has 2 N–H and O–H groups in total. The van der Waals surface area contributed by atoms with Crippen LogP contribution < -0.4 is 10.6 Å². The van der Waals surface area contributed by atoms with Crippen molar-refractivity contribution in [2.45, 2.75) is 13.3 Å². The number of nitrogens with zero attached hydrogens (tertiary/aromatic N) is 2. The standard InChI is InChI=1S/C15H18BrFN4O.ClH/c1-2-7-18-8-9-19-15(22)14-13(16)10-21(20-14)12-5-3-11(17)4-6-12;/h3-6,10,18H,2,7-9H2,1H3,(H,19,22);1H. The highest BCUT2D eigenvalue weighted by molar-refractivity contribution is 9.10. The summed E-state index contributed by atoms with van der Waals surface area (Å²) in [6, 6.07) is 5.91. The van der Waals surface area contributed by atoms with Gasteiger partial charge < -0.3 is 10.6 Å². The van der Waals surface area contributed by atoms with E-state index in [-0.39, 0.29) is 24.1 Å². The summed E-state index contributed by atoms with van der Waals surface area (Å²) in [5.74, 6) is -0.557. The molecule has 23 heavy (non-hydrogen) atoms. The van der Waals surface area contributed by atoms with E-state index >= 15 is 0 Å². The molecule has 0 unspecified atom stereocenters. The topological polar surface area (TPSA) is 58.9 Å². The summed E-state index contributed by atoms with van der Waals surface area (Å²) in [5.41, 5.74) is 0.991. The number of carbonyl (C=O) groups excluding carboxylic acids is 1. The lowest BCUT2D eigenvalue weighted by molar-refractivity contribution is 0.0948. The first kappa shape index (κ1) is 19.6. The number of aromatic nitrogens is 2. The van der Waals surface area contributed by atoms with Crippen molar-refractivity contribution in [1.29, 1.82) is 0 Å². The maximum atomic E-state index is 12.9. The minimum atomic E-state index is -0.312. The fourth-order valence-corrected chi connectivity index (χ4v) is 2.34. The summed E-state index contributed by atoms with van der Waals surface area (Å²) < 4.78 is 15.1. The lowest BCUT2D eigenvalue weighted by Gasteiger charge is -2.04. The summed E-state index contributed by atoms with van der Waals surface area (Å²) in [4.78, 5) is 12.1. The van der Waals surface area contributed by atoms with Crippen LogP contribution in [0.1, 0.15) is 23.8 Å². The van der Waals surface area contributed by atoms with Crippen LogP contribution >= 0.6 is 28.3 Å². The largest absolute Gasteiger partial charge is 0.349 e. The highest BCUT2D eigenvalue weighted by Gasteiger charge is 2.15. The van der Waals surface area contributed by atoms with E-state index in [0.29, 0.717) is 22.4 Å². The van der Waals surface area contributed by atoms with Crippen LogP contribution in [-0.4, -0.2) is 35.3 Å². The van der Waals surface area contributed by atoms with Gasteiger partial charge in [0.2, 0.25) is 0 Å². The first-order valence-electron chi connectivity index (χ1n) is 7.12. The molecule has 1 amide bonds. The lowest BCUT2D eigenvalue weighted by atomic mass is 10.3. The summed E-state index contributed by atoms with van der Waals surface area (Å²) in [6.07, 6.45) is 2.74. The Morgan fingerprint density at radius 1 is 1.26 bits per heavy atom. The highest BCUT2D eigenvalue weighted by atomic mass is 79.9. The molecule has 2 aromatic rings. The molecule has 1 aromatic heterocycles. The molecule has 5 nitrogen and oxygen atoms in total. The van der Waals surface area contributed by atoms with Gasteiger partial charge in [-0.2, -0.15) is 5.10 Å². The van der Waals surface area contributed by atoms with Gasteiger partial charge >= 0.3 is 0 Å². The zero-order chi connectivity index (χ0) is 15.9. The minimum Gasteiger partial charge on any atom is -0.349 e. The number of amides is 1. The number of rotatable bonds is 7. The van der Waals surface area contributed by atoms with Crippen LogP contribution in [0.3, 0.4) is 0 Å². The molecular weight excluding hydrogens is 387 g/mol. The van der Waals surface area contributed by atoms with E-state index in [4.69, 9.17) is 0 Å². The van der Waals surface area contributed by atoms with Crippen molar-refractivity contribution in [3.63, 3.8) is 0 Å².